The molecule has 4 heteroatoms. The molecule has 1 heterocycles. The Morgan fingerprint density at radius 2 is 2.11 bits per heavy atom. The van der Waals surface area contributed by atoms with Crippen molar-refractivity contribution in [3.63, 3.8) is 0 Å². The second-order valence-electron chi connectivity index (χ2n) is 3.97. The van der Waals surface area contributed by atoms with Gasteiger partial charge in [-0.25, -0.2) is 4.79 Å². The molecule has 1 unspecified atom stereocenters. The van der Waals surface area contributed by atoms with Crippen molar-refractivity contribution in [2.45, 2.75) is 19.4 Å². The summed E-state index contributed by atoms with van der Waals surface area (Å²) in [5.41, 5.74) is 1.53. The van der Waals surface area contributed by atoms with Gasteiger partial charge in [-0.05, 0) is 19.1 Å². The molecule has 0 aliphatic carbocycles. The smallest absolute Gasteiger partial charge is 0.335 e. The summed E-state index contributed by atoms with van der Waals surface area (Å²) in [5.74, 6) is -0.604. The monoisotopic (exact) mass is 245 g/mol. The van der Waals surface area contributed by atoms with Crippen LogP contribution in [-0.4, -0.2) is 28.8 Å². The number of nitrogens with zero attached hydrogens (tertiary/aromatic N) is 1. The van der Waals surface area contributed by atoms with E-state index >= 15 is 0 Å². The number of aliphatic hydroxyl groups excluding tert-OH is 1. The summed E-state index contributed by atoms with van der Waals surface area (Å²) in [6, 6.07) is 11.4. The van der Waals surface area contributed by atoms with Crippen LogP contribution in [-0.2, 0) is 16.0 Å². The zero-order valence-corrected chi connectivity index (χ0v) is 10.2. The molecule has 2 rings (SSSR count). The topological polar surface area (TPSA) is 59.4 Å². The number of carbonyl (C=O) groups excluding carboxylic acids is 1. The fourth-order valence-electron chi connectivity index (χ4n) is 1.74. The standard InChI is InChI=1S/C14H15NO3/c1-2-18-14(17)13(16)9-11-8-7-10-5-3-4-6-12(10)15-11/h3-8,13,16H,2,9H2,1H3. The van der Waals surface area contributed by atoms with Crippen molar-refractivity contribution in [2.24, 2.45) is 0 Å². The number of para-hydroxylation sites is 1. The van der Waals surface area contributed by atoms with E-state index in [1.165, 1.54) is 0 Å². The fraction of sp³-hybridized carbons (Fsp3) is 0.286. The molecule has 0 aliphatic heterocycles. The number of hydrogen-bond donors (Lipinski definition) is 1. The number of fused-ring (bicyclic) bond motifs is 1. The van der Waals surface area contributed by atoms with E-state index in [2.05, 4.69) is 4.98 Å². The van der Waals surface area contributed by atoms with Crippen LogP contribution in [0.5, 0.6) is 0 Å². The van der Waals surface area contributed by atoms with Gasteiger partial charge in [-0.15, -0.1) is 0 Å². The minimum absolute atomic E-state index is 0.170. The summed E-state index contributed by atoms with van der Waals surface area (Å²) < 4.78 is 4.75. The van der Waals surface area contributed by atoms with Gasteiger partial charge in [-0.1, -0.05) is 24.3 Å². The van der Waals surface area contributed by atoms with Crippen molar-refractivity contribution in [3.8, 4) is 0 Å². The van der Waals surface area contributed by atoms with E-state index in [0.29, 0.717) is 5.69 Å². The first-order chi connectivity index (χ1) is 8.70. The van der Waals surface area contributed by atoms with E-state index in [9.17, 15) is 9.90 Å². The fourth-order valence-corrected chi connectivity index (χ4v) is 1.74. The lowest BCUT2D eigenvalue weighted by atomic mass is 10.1. The summed E-state index contributed by atoms with van der Waals surface area (Å²) in [7, 11) is 0. The summed E-state index contributed by atoms with van der Waals surface area (Å²) >= 11 is 0. The van der Waals surface area contributed by atoms with Crippen LogP contribution in [0.4, 0.5) is 0 Å². The maximum atomic E-state index is 11.3. The highest BCUT2D eigenvalue weighted by Gasteiger charge is 2.17. The van der Waals surface area contributed by atoms with Crippen molar-refractivity contribution in [3.05, 3.63) is 42.1 Å². The lowest BCUT2D eigenvalue weighted by Crippen LogP contribution is -2.25. The molecule has 18 heavy (non-hydrogen) atoms. The summed E-state index contributed by atoms with van der Waals surface area (Å²) in [6.07, 6.45) is -0.984. The van der Waals surface area contributed by atoms with Gasteiger partial charge in [0.1, 0.15) is 0 Å². The van der Waals surface area contributed by atoms with Gasteiger partial charge in [0.25, 0.3) is 0 Å². The molecular weight excluding hydrogens is 230 g/mol. The number of carbonyl (C=O) groups is 1. The van der Waals surface area contributed by atoms with Crippen molar-refractivity contribution >= 4 is 16.9 Å². The average Bonchev–Trinajstić information content (AvgIpc) is 2.39. The average molecular weight is 245 g/mol. The van der Waals surface area contributed by atoms with E-state index < -0.39 is 12.1 Å². The third-order valence-corrected chi connectivity index (χ3v) is 2.62. The Hall–Kier alpha value is -1.94. The molecule has 0 saturated carbocycles. The molecule has 4 nitrogen and oxygen atoms in total. The molecule has 94 valence electrons. The van der Waals surface area contributed by atoms with Crippen LogP contribution >= 0.6 is 0 Å². The zero-order valence-electron chi connectivity index (χ0n) is 10.2. The molecule has 1 atom stereocenters. The number of hydrogen-bond acceptors (Lipinski definition) is 4. The molecule has 0 aliphatic rings. The quantitative estimate of drug-likeness (QED) is 0.833. The van der Waals surface area contributed by atoms with E-state index in [1.807, 2.05) is 36.4 Å². The molecule has 0 bridgehead atoms. The Balaban J connectivity index is 2.14. The number of benzene rings is 1. The van der Waals surface area contributed by atoms with Crippen LogP contribution in [0.15, 0.2) is 36.4 Å². The summed E-state index contributed by atoms with van der Waals surface area (Å²) in [6.45, 7) is 1.97. The Morgan fingerprint density at radius 1 is 1.33 bits per heavy atom. The predicted molar refractivity (Wildman–Crippen MR) is 68.1 cm³/mol. The molecule has 0 amide bonds. The van der Waals surface area contributed by atoms with Crippen LogP contribution < -0.4 is 0 Å². The lowest BCUT2D eigenvalue weighted by Gasteiger charge is -2.09. The molecule has 2 aromatic rings. The Bertz CT molecular complexity index is 553. The Morgan fingerprint density at radius 3 is 2.89 bits per heavy atom. The van der Waals surface area contributed by atoms with Gasteiger partial charge in [0, 0.05) is 17.5 Å². The van der Waals surface area contributed by atoms with Crippen molar-refractivity contribution in [2.75, 3.05) is 6.61 Å². The van der Waals surface area contributed by atoms with Gasteiger partial charge in [-0.2, -0.15) is 0 Å². The van der Waals surface area contributed by atoms with Crippen LogP contribution in [0, 0.1) is 0 Å². The minimum Gasteiger partial charge on any atom is -0.464 e. The third-order valence-electron chi connectivity index (χ3n) is 2.62. The molecule has 1 N–H and O–H groups in total. The van der Waals surface area contributed by atoms with E-state index in [4.69, 9.17) is 4.74 Å². The SMILES string of the molecule is CCOC(=O)C(O)Cc1ccc2ccccc2n1. The molecule has 0 fully saturated rings. The highest BCUT2D eigenvalue weighted by Crippen LogP contribution is 2.13. The van der Waals surface area contributed by atoms with Crippen LogP contribution in [0.1, 0.15) is 12.6 Å². The molecule has 0 radical (unpaired) electrons. The second kappa shape index (κ2) is 5.60. The predicted octanol–water partition coefficient (Wildman–Crippen LogP) is 1.70. The highest BCUT2D eigenvalue weighted by molar-refractivity contribution is 5.79. The second-order valence-corrected chi connectivity index (χ2v) is 3.97. The number of aliphatic hydroxyl groups is 1. The van der Waals surface area contributed by atoms with Gasteiger partial charge >= 0.3 is 5.97 Å². The number of aromatic nitrogens is 1. The van der Waals surface area contributed by atoms with Gasteiger partial charge in [0.2, 0.25) is 0 Å². The lowest BCUT2D eigenvalue weighted by molar-refractivity contribution is -0.152. The van der Waals surface area contributed by atoms with E-state index in [0.717, 1.165) is 10.9 Å². The van der Waals surface area contributed by atoms with Crippen LogP contribution in [0.2, 0.25) is 0 Å². The first-order valence-corrected chi connectivity index (χ1v) is 5.90. The Kier molecular flexibility index (Phi) is 3.89. The third kappa shape index (κ3) is 2.84. The Labute approximate surface area is 105 Å². The molecule has 1 aromatic carbocycles. The maximum Gasteiger partial charge on any atom is 0.335 e. The van der Waals surface area contributed by atoms with Gasteiger partial charge in [0.05, 0.1) is 12.1 Å². The number of ether oxygens (including phenoxy) is 1. The summed E-state index contributed by atoms with van der Waals surface area (Å²) in [5, 5.41) is 10.7. The van der Waals surface area contributed by atoms with Gasteiger partial charge in [0.15, 0.2) is 6.10 Å². The highest BCUT2D eigenvalue weighted by atomic mass is 16.5. The number of rotatable bonds is 4. The number of esters is 1. The molecular formula is C14H15NO3. The van der Waals surface area contributed by atoms with E-state index in [1.54, 1.807) is 6.92 Å². The normalized spacial score (nSPS) is 12.3. The molecule has 1 aromatic heterocycles. The molecule has 0 spiro atoms. The van der Waals surface area contributed by atoms with Crippen molar-refractivity contribution in [1.82, 2.24) is 4.98 Å². The molecule has 0 saturated heterocycles. The minimum atomic E-state index is -1.15. The summed E-state index contributed by atoms with van der Waals surface area (Å²) in [4.78, 5) is 15.7. The van der Waals surface area contributed by atoms with Crippen LogP contribution in [0.25, 0.3) is 10.9 Å². The van der Waals surface area contributed by atoms with Crippen molar-refractivity contribution in [1.29, 1.82) is 0 Å². The zero-order chi connectivity index (χ0) is 13.0. The van der Waals surface area contributed by atoms with Gasteiger partial charge in [-0.3, -0.25) is 4.98 Å². The largest absolute Gasteiger partial charge is 0.464 e. The maximum absolute atomic E-state index is 11.3. The van der Waals surface area contributed by atoms with E-state index in [-0.39, 0.29) is 13.0 Å². The first kappa shape index (κ1) is 12.5. The first-order valence-electron chi connectivity index (χ1n) is 5.90. The number of pyridine rings is 1. The van der Waals surface area contributed by atoms with Crippen LogP contribution in [0.3, 0.4) is 0 Å². The van der Waals surface area contributed by atoms with Gasteiger partial charge < -0.3 is 9.84 Å². The van der Waals surface area contributed by atoms with Crippen molar-refractivity contribution < 1.29 is 14.6 Å².